The molecule has 0 aliphatic carbocycles. The molecule has 0 aliphatic rings. The Morgan fingerprint density at radius 2 is 1.93 bits per heavy atom. The second-order valence-corrected chi connectivity index (χ2v) is 7.43. The summed E-state index contributed by atoms with van der Waals surface area (Å²) in [7, 11) is 0. The van der Waals surface area contributed by atoms with Crippen LogP contribution in [0.3, 0.4) is 0 Å². The highest BCUT2D eigenvalue weighted by Gasteiger charge is 2.11. The van der Waals surface area contributed by atoms with Crippen LogP contribution in [0.25, 0.3) is 10.6 Å². The number of benzene rings is 1. The number of nitrogens with zero attached hydrogens (tertiary/aromatic N) is 3. The Bertz CT molecular complexity index is 1050. The summed E-state index contributed by atoms with van der Waals surface area (Å²) in [4.78, 5) is 37.5. The Morgan fingerprint density at radius 1 is 1.13 bits per heavy atom. The molecule has 3 rings (SSSR count). The van der Waals surface area contributed by atoms with Crippen LogP contribution >= 0.6 is 11.3 Å². The number of thiazole rings is 1. The Balaban J connectivity index is 1.65. The van der Waals surface area contributed by atoms with Crippen molar-refractivity contribution in [3.8, 4) is 10.6 Å². The number of hydrogen-bond acceptors (Lipinski definition) is 8. The van der Waals surface area contributed by atoms with E-state index in [0.29, 0.717) is 17.3 Å². The van der Waals surface area contributed by atoms with Crippen LogP contribution in [0.1, 0.15) is 17.6 Å². The lowest BCUT2D eigenvalue weighted by atomic mass is 10.2. The number of hydrogen-bond donors (Lipinski definition) is 3. The molecule has 0 unspecified atom stereocenters. The molecule has 3 N–H and O–H groups in total. The molecule has 2 heterocycles. The van der Waals surface area contributed by atoms with Gasteiger partial charge in [0.25, 0.3) is 0 Å². The number of urea groups is 1. The van der Waals surface area contributed by atoms with Crippen LogP contribution in [-0.4, -0.2) is 40.1 Å². The standard InChI is InChI=1S/C20H22N6O3S/c1-4-29-17(27)11-22-20(28)25-15-7-5-6-14(10-15)24-19-21-9-8-16(26-19)18-12(2)23-13(3)30-18/h5-10H,4,11H2,1-3H3,(H,21,24,26)(H2,22,25,28). The van der Waals surface area contributed by atoms with E-state index in [0.717, 1.165) is 21.3 Å². The first-order valence-electron chi connectivity index (χ1n) is 9.29. The predicted octanol–water partition coefficient (Wildman–Crippen LogP) is 3.65. The second-order valence-electron chi connectivity index (χ2n) is 6.23. The molecule has 0 saturated carbocycles. The number of carbonyl (C=O) groups excluding carboxylic acids is 2. The third-order valence-corrected chi connectivity index (χ3v) is 4.96. The average molecular weight is 427 g/mol. The first-order valence-corrected chi connectivity index (χ1v) is 10.1. The number of amides is 2. The van der Waals surface area contributed by atoms with E-state index < -0.39 is 12.0 Å². The maximum atomic E-state index is 11.9. The number of rotatable bonds is 7. The molecule has 9 nitrogen and oxygen atoms in total. The molecule has 1 aromatic carbocycles. The quantitative estimate of drug-likeness (QED) is 0.494. The van der Waals surface area contributed by atoms with Crippen molar-refractivity contribution in [1.82, 2.24) is 20.3 Å². The zero-order valence-electron chi connectivity index (χ0n) is 16.9. The highest BCUT2D eigenvalue weighted by atomic mass is 32.1. The number of aromatic nitrogens is 3. The van der Waals surface area contributed by atoms with E-state index in [2.05, 4.69) is 30.9 Å². The number of anilines is 3. The third-order valence-electron chi connectivity index (χ3n) is 3.87. The van der Waals surface area contributed by atoms with Gasteiger partial charge in [-0.05, 0) is 45.0 Å². The zero-order valence-corrected chi connectivity index (χ0v) is 17.7. The van der Waals surface area contributed by atoms with E-state index in [4.69, 9.17) is 4.74 Å². The van der Waals surface area contributed by atoms with Crippen LogP contribution in [-0.2, 0) is 9.53 Å². The van der Waals surface area contributed by atoms with Gasteiger partial charge in [-0.2, -0.15) is 0 Å². The molecule has 0 saturated heterocycles. The fourth-order valence-electron chi connectivity index (χ4n) is 2.66. The van der Waals surface area contributed by atoms with Gasteiger partial charge in [0.1, 0.15) is 6.54 Å². The molecule has 0 aliphatic heterocycles. The molecule has 0 fully saturated rings. The first kappa shape index (κ1) is 21.2. The van der Waals surface area contributed by atoms with Gasteiger partial charge in [0.15, 0.2) is 0 Å². The zero-order chi connectivity index (χ0) is 21.5. The van der Waals surface area contributed by atoms with Crippen molar-refractivity contribution in [2.24, 2.45) is 0 Å². The van der Waals surface area contributed by atoms with Gasteiger partial charge in [0, 0.05) is 17.6 Å². The Kier molecular flexibility index (Phi) is 6.91. The van der Waals surface area contributed by atoms with Crippen molar-refractivity contribution in [2.75, 3.05) is 23.8 Å². The molecule has 0 radical (unpaired) electrons. The molecule has 0 bridgehead atoms. The lowest BCUT2D eigenvalue weighted by Crippen LogP contribution is -2.34. The molecule has 10 heteroatoms. The normalized spacial score (nSPS) is 10.4. The lowest BCUT2D eigenvalue weighted by molar-refractivity contribution is -0.141. The van der Waals surface area contributed by atoms with E-state index in [1.165, 1.54) is 0 Å². The maximum Gasteiger partial charge on any atom is 0.325 e. The second kappa shape index (κ2) is 9.79. The molecule has 0 atom stereocenters. The van der Waals surface area contributed by atoms with Crippen molar-refractivity contribution in [3.63, 3.8) is 0 Å². The van der Waals surface area contributed by atoms with Crippen LogP contribution in [0.4, 0.5) is 22.1 Å². The summed E-state index contributed by atoms with van der Waals surface area (Å²) in [5, 5.41) is 9.23. The van der Waals surface area contributed by atoms with Crippen LogP contribution in [0.2, 0.25) is 0 Å². The first-order chi connectivity index (χ1) is 14.4. The maximum absolute atomic E-state index is 11.9. The van der Waals surface area contributed by atoms with Gasteiger partial charge in [-0.25, -0.2) is 19.7 Å². The van der Waals surface area contributed by atoms with Crippen LogP contribution < -0.4 is 16.0 Å². The molecule has 0 spiro atoms. The van der Waals surface area contributed by atoms with Gasteiger partial charge in [-0.3, -0.25) is 4.79 Å². The highest BCUT2D eigenvalue weighted by molar-refractivity contribution is 7.15. The van der Waals surface area contributed by atoms with Crippen molar-refractivity contribution in [1.29, 1.82) is 0 Å². The highest BCUT2D eigenvalue weighted by Crippen LogP contribution is 2.29. The van der Waals surface area contributed by atoms with Crippen LogP contribution in [0, 0.1) is 13.8 Å². The molecule has 30 heavy (non-hydrogen) atoms. The number of nitrogens with one attached hydrogen (secondary N) is 3. The number of esters is 1. The van der Waals surface area contributed by atoms with Gasteiger partial charge in [-0.1, -0.05) is 6.07 Å². The van der Waals surface area contributed by atoms with Gasteiger partial charge >= 0.3 is 12.0 Å². The molecular formula is C20H22N6O3S. The molecule has 156 valence electrons. The lowest BCUT2D eigenvalue weighted by Gasteiger charge is -2.10. The monoisotopic (exact) mass is 426 g/mol. The van der Waals surface area contributed by atoms with Crippen molar-refractivity contribution in [2.45, 2.75) is 20.8 Å². The smallest absolute Gasteiger partial charge is 0.325 e. The average Bonchev–Trinajstić information content (AvgIpc) is 3.05. The molecule has 2 aromatic heterocycles. The van der Waals surface area contributed by atoms with Crippen molar-refractivity contribution < 1.29 is 14.3 Å². The number of carbonyl (C=O) groups is 2. The molecular weight excluding hydrogens is 404 g/mol. The van der Waals surface area contributed by atoms with E-state index in [1.54, 1.807) is 42.7 Å². The minimum Gasteiger partial charge on any atom is -0.465 e. The number of ether oxygens (including phenoxy) is 1. The summed E-state index contributed by atoms with van der Waals surface area (Å²) in [6.07, 6.45) is 1.68. The summed E-state index contributed by atoms with van der Waals surface area (Å²) in [5.74, 6) is -0.0617. The van der Waals surface area contributed by atoms with Gasteiger partial charge in [0.2, 0.25) is 5.95 Å². The Labute approximate surface area is 177 Å². The predicted molar refractivity (Wildman–Crippen MR) is 116 cm³/mol. The molecule has 2 amide bonds. The SMILES string of the molecule is CCOC(=O)CNC(=O)Nc1cccc(Nc2nccc(-c3sc(C)nc3C)n2)c1. The van der Waals surface area contributed by atoms with Crippen LogP contribution in [0.15, 0.2) is 36.5 Å². The minimum atomic E-state index is -0.505. The van der Waals surface area contributed by atoms with Gasteiger partial charge in [-0.15, -0.1) is 11.3 Å². The summed E-state index contributed by atoms with van der Waals surface area (Å²) in [6.45, 7) is 5.69. The van der Waals surface area contributed by atoms with E-state index in [9.17, 15) is 9.59 Å². The minimum absolute atomic E-state index is 0.200. The van der Waals surface area contributed by atoms with E-state index in [1.807, 2.05) is 26.0 Å². The molecule has 3 aromatic rings. The van der Waals surface area contributed by atoms with Crippen molar-refractivity contribution in [3.05, 3.63) is 47.2 Å². The van der Waals surface area contributed by atoms with Gasteiger partial charge in [0.05, 0.1) is 27.9 Å². The van der Waals surface area contributed by atoms with Crippen LogP contribution in [0.5, 0.6) is 0 Å². The third kappa shape index (κ3) is 5.74. The fraction of sp³-hybridized carbons (Fsp3) is 0.250. The summed E-state index contributed by atoms with van der Waals surface area (Å²) < 4.78 is 4.77. The summed E-state index contributed by atoms with van der Waals surface area (Å²) in [5.41, 5.74) is 2.98. The van der Waals surface area contributed by atoms with Gasteiger partial charge < -0.3 is 20.7 Å². The Hall–Kier alpha value is -3.53. The number of aryl methyl sites for hydroxylation is 2. The van der Waals surface area contributed by atoms with Crippen molar-refractivity contribution >= 4 is 40.7 Å². The summed E-state index contributed by atoms with van der Waals surface area (Å²) >= 11 is 1.58. The summed E-state index contributed by atoms with van der Waals surface area (Å²) in [6, 6.07) is 8.42. The largest absolute Gasteiger partial charge is 0.465 e. The Morgan fingerprint density at radius 3 is 2.67 bits per heavy atom. The fourth-order valence-corrected chi connectivity index (χ4v) is 3.55. The van der Waals surface area contributed by atoms with E-state index >= 15 is 0 Å². The topological polar surface area (TPSA) is 118 Å². The van der Waals surface area contributed by atoms with E-state index in [-0.39, 0.29) is 13.2 Å².